The highest BCUT2D eigenvalue weighted by Crippen LogP contribution is 2.16. The van der Waals surface area contributed by atoms with E-state index < -0.39 is 0 Å². The van der Waals surface area contributed by atoms with Crippen molar-refractivity contribution in [3.05, 3.63) is 34.4 Å². The van der Waals surface area contributed by atoms with Crippen LogP contribution < -0.4 is 5.73 Å². The Hall–Kier alpha value is -1.51. The molecule has 0 spiro atoms. The SMILES string of the molecule is Cc1ccc(/C(N)=N/O)c(C)c1C. The van der Waals surface area contributed by atoms with Crippen LogP contribution in [0.1, 0.15) is 22.3 Å². The Morgan fingerprint density at radius 1 is 1.23 bits per heavy atom. The average Bonchev–Trinajstić information content (AvgIpc) is 2.13. The first-order chi connectivity index (χ1) is 6.07. The van der Waals surface area contributed by atoms with Crippen molar-refractivity contribution in [2.45, 2.75) is 20.8 Å². The maximum absolute atomic E-state index is 8.54. The predicted octanol–water partition coefficient (Wildman–Crippen LogP) is 1.71. The lowest BCUT2D eigenvalue weighted by molar-refractivity contribution is 0.318. The van der Waals surface area contributed by atoms with E-state index in [0.717, 1.165) is 11.1 Å². The van der Waals surface area contributed by atoms with Crippen molar-refractivity contribution in [1.29, 1.82) is 0 Å². The molecule has 0 aliphatic carbocycles. The number of benzene rings is 1. The van der Waals surface area contributed by atoms with Crippen LogP contribution in [-0.2, 0) is 0 Å². The van der Waals surface area contributed by atoms with Crippen molar-refractivity contribution in [3.8, 4) is 0 Å². The van der Waals surface area contributed by atoms with E-state index in [1.54, 1.807) is 0 Å². The molecule has 0 fully saturated rings. The molecule has 0 aliphatic heterocycles. The maximum atomic E-state index is 8.54. The first kappa shape index (κ1) is 9.58. The van der Waals surface area contributed by atoms with Gasteiger partial charge in [-0.1, -0.05) is 17.3 Å². The topological polar surface area (TPSA) is 58.6 Å². The smallest absolute Gasteiger partial charge is 0.170 e. The van der Waals surface area contributed by atoms with Crippen molar-refractivity contribution in [3.63, 3.8) is 0 Å². The fourth-order valence-electron chi connectivity index (χ4n) is 1.29. The monoisotopic (exact) mass is 178 g/mol. The van der Waals surface area contributed by atoms with Crippen LogP contribution in [0.2, 0.25) is 0 Å². The van der Waals surface area contributed by atoms with E-state index in [1.807, 2.05) is 32.9 Å². The van der Waals surface area contributed by atoms with E-state index in [0.29, 0.717) is 0 Å². The predicted molar refractivity (Wildman–Crippen MR) is 53.2 cm³/mol. The van der Waals surface area contributed by atoms with E-state index in [4.69, 9.17) is 10.9 Å². The number of oxime groups is 1. The summed E-state index contributed by atoms with van der Waals surface area (Å²) in [5, 5.41) is 11.5. The van der Waals surface area contributed by atoms with Gasteiger partial charge in [-0.15, -0.1) is 0 Å². The molecule has 3 N–H and O–H groups in total. The van der Waals surface area contributed by atoms with Crippen LogP contribution in [-0.4, -0.2) is 11.0 Å². The van der Waals surface area contributed by atoms with Crippen LogP contribution in [0, 0.1) is 20.8 Å². The van der Waals surface area contributed by atoms with Gasteiger partial charge >= 0.3 is 0 Å². The van der Waals surface area contributed by atoms with Gasteiger partial charge in [0.05, 0.1) is 0 Å². The molecule has 1 rings (SSSR count). The zero-order chi connectivity index (χ0) is 10.0. The quantitative estimate of drug-likeness (QED) is 0.297. The molecule has 0 saturated heterocycles. The highest BCUT2D eigenvalue weighted by Gasteiger charge is 2.06. The van der Waals surface area contributed by atoms with Gasteiger partial charge in [0.15, 0.2) is 5.84 Å². The second-order valence-electron chi connectivity index (χ2n) is 3.17. The minimum atomic E-state index is 0.167. The highest BCUT2D eigenvalue weighted by atomic mass is 16.4. The molecule has 70 valence electrons. The largest absolute Gasteiger partial charge is 0.409 e. The number of hydrogen-bond donors (Lipinski definition) is 2. The van der Waals surface area contributed by atoms with Gasteiger partial charge in [0.2, 0.25) is 0 Å². The maximum Gasteiger partial charge on any atom is 0.170 e. The van der Waals surface area contributed by atoms with E-state index in [-0.39, 0.29) is 5.84 Å². The van der Waals surface area contributed by atoms with Gasteiger partial charge in [0, 0.05) is 5.56 Å². The van der Waals surface area contributed by atoms with Gasteiger partial charge in [0.25, 0.3) is 0 Å². The van der Waals surface area contributed by atoms with Crippen molar-refractivity contribution in [2.24, 2.45) is 10.9 Å². The Bertz CT molecular complexity index is 356. The fourth-order valence-corrected chi connectivity index (χ4v) is 1.29. The number of nitrogens with zero attached hydrogens (tertiary/aromatic N) is 1. The van der Waals surface area contributed by atoms with Gasteiger partial charge in [-0.2, -0.15) is 0 Å². The van der Waals surface area contributed by atoms with Crippen molar-refractivity contribution in [2.75, 3.05) is 0 Å². The molecule has 0 amide bonds. The van der Waals surface area contributed by atoms with Crippen molar-refractivity contribution in [1.82, 2.24) is 0 Å². The lowest BCUT2D eigenvalue weighted by Gasteiger charge is -2.09. The molecule has 0 aliphatic rings. The summed E-state index contributed by atoms with van der Waals surface area (Å²) >= 11 is 0. The second kappa shape index (κ2) is 3.47. The van der Waals surface area contributed by atoms with Gasteiger partial charge in [-0.3, -0.25) is 0 Å². The summed E-state index contributed by atoms with van der Waals surface area (Å²) < 4.78 is 0. The Balaban J connectivity index is 3.34. The molecule has 0 atom stereocenters. The molecule has 0 saturated carbocycles. The molecule has 3 nitrogen and oxygen atoms in total. The third-order valence-electron chi connectivity index (χ3n) is 2.44. The van der Waals surface area contributed by atoms with Crippen molar-refractivity contribution < 1.29 is 5.21 Å². The summed E-state index contributed by atoms with van der Waals surface area (Å²) in [5.41, 5.74) is 9.78. The summed E-state index contributed by atoms with van der Waals surface area (Å²) in [7, 11) is 0. The molecule has 1 aromatic carbocycles. The first-order valence-electron chi connectivity index (χ1n) is 4.12. The minimum Gasteiger partial charge on any atom is -0.409 e. The number of aryl methyl sites for hydroxylation is 1. The normalized spacial score (nSPS) is 11.8. The molecule has 0 aromatic heterocycles. The highest BCUT2D eigenvalue weighted by molar-refractivity contribution is 5.98. The number of amidine groups is 1. The molecule has 0 heterocycles. The molecular formula is C10H14N2O. The van der Waals surface area contributed by atoms with E-state index in [1.165, 1.54) is 11.1 Å². The van der Waals surface area contributed by atoms with Crippen LogP contribution in [0.4, 0.5) is 0 Å². The van der Waals surface area contributed by atoms with Gasteiger partial charge in [-0.05, 0) is 37.5 Å². The summed E-state index contributed by atoms with van der Waals surface area (Å²) in [4.78, 5) is 0. The van der Waals surface area contributed by atoms with Crippen LogP contribution in [0.15, 0.2) is 17.3 Å². The average molecular weight is 178 g/mol. The van der Waals surface area contributed by atoms with E-state index >= 15 is 0 Å². The lowest BCUT2D eigenvalue weighted by Crippen LogP contribution is -2.15. The number of rotatable bonds is 1. The fraction of sp³-hybridized carbons (Fsp3) is 0.300. The second-order valence-corrected chi connectivity index (χ2v) is 3.17. The summed E-state index contributed by atoms with van der Waals surface area (Å²) in [6.07, 6.45) is 0. The molecular weight excluding hydrogens is 164 g/mol. The molecule has 1 aromatic rings. The molecule has 0 radical (unpaired) electrons. The van der Waals surface area contributed by atoms with Gasteiger partial charge in [0.1, 0.15) is 0 Å². The Morgan fingerprint density at radius 2 is 1.85 bits per heavy atom. The van der Waals surface area contributed by atoms with Gasteiger partial charge < -0.3 is 10.9 Å². The zero-order valence-electron chi connectivity index (χ0n) is 8.13. The molecule has 3 heteroatoms. The van der Waals surface area contributed by atoms with Crippen LogP contribution >= 0.6 is 0 Å². The number of hydrogen-bond acceptors (Lipinski definition) is 2. The third kappa shape index (κ3) is 1.64. The molecule has 0 unspecified atom stereocenters. The lowest BCUT2D eigenvalue weighted by atomic mass is 9.98. The van der Waals surface area contributed by atoms with Crippen LogP contribution in [0.3, 0.4) is 0 Å². The minimum absolute atomic E-state index is 0.167. The van der Waals surface area contributed by atoms with E-state index in [9.17, 15) is 0 Å². The Kier molecular flexibility index (Phi) is 2.56. The van der Waals surface area contributed by atoms with Crippen molar-refractivity contribution >= 4 is 5.84 Å². The van der Waals surface area contributed by atoms with Crippen LogP contribution in [0.5, 0.6) is 0 Å². The molecule has 13 heavy (non-hydrogen) atoms. The summed E-state index contributed by atoms with van der Waals surface area (Å²) in [5.74, 6) is 0.167. The summed E-state index contributed by atoms with van der Waals surface area (Å²) in [6, 6.07) is 3.84. The Labute approximate surface area is 77.9 Å². The van der Waals surface area contributed by atoms with Gasteiger partial charge in [-0.25, -0.2) is 0 Å². The van der Waals surface area contributed by atoms with Crippen LogP contribution in [0.25, 0.3) is 0 Å². The molecule has 0 bridgehead atoms. The zero-order valence-corrected chi connectivity index (χ0v) is 8.13. The first-order valence-corrected chi connectivity index (χ1v) is 4.12. The standard InChI is InChI=1S/C10H14N2O/c1-6-4-5-9(10(11)12-13)8(3)7(6)2/h4-5,13H,1-3H3,(H2,11,12). The summed E-state index contributed by atoms with van der Waals surface area (Å²) in [6.45, 7) is 6.03. The third-order valence-corrected chi connectivity index (χ3v) is 2.44. The van der Waals surface area contributed by atoms with E-state index in [2.05, 4.69) is 5.16 Å². The number of nitrogens with two attached hydrogens (primary N) is 1. The Morgan fingerprint density at radius 3 is 2.38 bits per heavy atom.